The third kappa shape index (κ3) is 10.6. The van der Waals surface area contributed by atoms with Crippen molar-refractivity contribution in [3.05, 3.63) is 0 Å². The van der Waals surface area contributed by atoms with Crippen LogP contribution in [-0.2, 0) is 19.6 Å². The Morgan fingerprint density at radius 2 is 2.12 bits per heavy atom. The van der Waals surface area contributed by atoms with Crippen LogP contribution in [-0.4, -0.2) is 56.5 Å². The minimum atomic E-state index is -3.58. The molecule has 0 rings (SSSR count). The van der Waals surface area contributed by atoms with Crippen LogP contribution in [0.1, 0.15) is 13.3 Å². The molecule has 0 heterocycles. The lowest BCUT2D eigenvalue weighted by atomic mass is 10.5. The fourth-order valence-corrected chi connectivity index (χ4v) is 2.77. The molecule has 2 N–H and O–H groups in total. The number of sulfonamides is 1. The first kappa shape index (κ1) is 16.7. The average molecular weight is 285 g/mol. The zero-order valence-electron chi connectivity index (χ0n) is 9.85. The van der Waals surface area contributed by atoms with Crippen molar-refractivity contribution in [3.8, 4) is 0 Å². The SMILES string of the molecule is CCOC(=O)CS(=O)(=O)NCCSCCCO. The van der Waals surface area contributed by atoms with Crippen LogP contribution < -0.4 is 4.72 Å². The molecule has 0 saturated heterocycles. The normalized spacial score (nSPS) is 11.4. The van der Waals surface area contributed by atoms with Crippen molar-refractivity contribution in [2.75, 3.05) is 37.0 Å². The average Bonchev–Trinajstić information content (AvgIpc) is 2.22. The predicted molar refractivity (Wildman–Crippen MR) is 67.5 cm³/mol. The summed E-state index contributed by atoms with van der Waals surface area (Å²) in [5, 5.41) is 8.53. The molecule has 0 saturated carbocycles. The summed E-state index contributed by atoms with van der Waals surface area (Å²) in [4.78, 5) is 11.0. The van der Waals surface area contributed by atoms with Gasteiger partial charge in [-0.05, 0) is 19.1 Å². The van der Waals surface area contributed by atoms with Gasteiger partial charge in [0.2, 0.25) is 10.0 Å². The van der Waals surface area contributed by atoms with Gasteiger partial charge in [0, 0.05) is 18.9 Å². The van der Waals surface area contributed by atoms with Crippen molar-refractivity contribution >= 4 is 27.8 Å². The molecule has 0 aliphatic carbocycles. The van der Waals surface area contributed by atoms with Gasteiger partial charge in [-0.2, -0.15) is 11.8 Å². The van der Waals surface area contributed by atoms with E-state index in [1.54, 1.807) is 18.7 Å². The highest BCUT2D eigenvalue weighted by molar-refractivity contribution is 7.99. The Hall–Kier alpha value is -0.310. The Kier molecular flexibility index (Phi) is 9.52. The van der Waals surface area contributed by atoms with Crippen molar-refractivity contribution in [2.24, 2.45) is 0 Å². The lowest BCUT2D eigenvalue weighted by Crippen LogP contribution is -2.32. The predicted octanol–water partition coefficient (Wildman–Crippen LogP) is -0.415. The summed E-state index contributed by atoms with van der Waals surface area (Å²) in [5.41, 5.74) is 0. The molecule has 0 spiro atoms. The van der Waals surface area contributed by atoms with Gasteiger partial charge in [0.05, 0.1) is 6.61 Å². The van der Waals surface area contributed by atoms with Crippen LogP contribution in [0, 0.1) is 0 Å². The van der Waals surface area contributed by atoms with Crippen molar-refractivity contribution in [1.29, 1.82) is 0 Å². The second kappa shape index (κ2) is 9.69. The van der Waals surface area contributed by atoms with Crippen LogP contribution >= 0.6 is 11.8 Å². The highest BCUT2D eigenvalue weighted by atomic mass is 32.2. The summed E-state index contributed by atoms with van der Waals surface area (Å²) in [5.74, 6) is 0.0215. The maximum atomic E-state index is 11.3. The molecular formula is C9H19NO5S2. The minimum Gasteiger partial charge on any atom is -0.465 e. The van der Waals surface area contributed by atoms with Gasteiger partial charge in [0.15, 0.2) is 5.75 Å². The molecule has 0 atom stereocenters. The number of thioether (sulfide) groups is 1. The molecule has 0 bridgehead atoms. The van der Waals surface area contributed by atoms with E-state index in [9.17, 15) is 13.2 Å². The summed E-state index contributed by atoms with van der Waals surface area (Å²) in [6.07, 6.45) is 0.695. The lowest BCUT2D eigenvalue weighted by molar-refractivity contribution is -0.139. The second-order valence-corrected chi connectivity index (χ2v) is 6.18. The van der Waals surface area contributed by atoms with Crippen molar-refractivity contribution in [1.82, 2.24) is 4.72 Å². The topological polar surface area (TPSA) is 92.7 Å². The molecule has 0 aromatic rings. The number of nitrogens with one attached hydrogen (secondary N) is 1. The molecule has 0 aliphatic rings. The van der Waals surface area contributed by atoms with E-state index in [1.807, 2.05) is 0 Å². The Bertz CT molecular complexity index is 305. The lowest BCUT2D eigenvalue weighted by Gasteiger charge is -2.06. The smallest absolute Gasteiger partial charge is 0.322 e. The molecule has 0 unspecified atom stereocenters. The van der Waals surface area contributed by atoms with Crippen LogP contribution in [0.5, 0.6) is 0 Å². The number of aliphatic hydroxyl groups is 1. The summed E-state index contributed by atoms with van der Waals surface area (Å²) < 4.78 is 29.5. The number of aliphatic hydroxyl groups excluding tert-OH is 1. The molecule has 0 radical (unpaired) electrons. The minimum absolute atomic E-state index is 0.140. The molecule has 102 valence electrons. The van der Waals surface area contributed by atoms with E-state index >= 15 is 0 Å². The van der Waals surface area contributed by atoms with Gasteiger partial charge in [0.1, 0.15) is 0 Å². The molecule has 0 aliphatic heterocycles. The molecule has 0 fully saturated rings. The Balaban J connectivity index is 3.68. The maximum absolute atomic E-state index is 11.3. The first-order valence-electron chi connectivity index (χ1n) is 5.33. The summed E-state index contributed by atoms with van der Waals surface area (Å²) in [6, 6.07) is 0. The third-order valence-corrected chi connectivity index (χ3v) is 3.96. The number of hydrogen-bond acceptors (Lipinski definition) is 6. The zero-order valence-corrected chi connectivity index (χ0v) is 11.5. The van der Waals surface area contributed by atoms with Gasteiger partial charge >= 0.3 is 5.97 Å². The fourth-order valence-electron chi connectivity index (χ4n) is 0.947. The number of carbonyl (C=O) groups is 1. The van der Waals surface area contributed by atoms with Gasteiger partial charge < -0.3 is 9.84 Å². The van der Waals surface area contributed by atoms with E-state index in [0.717, 1.165) is 5.75 Å². The van der Waals surface area contributed by atoms with Gasteiger partial charge in [0.25, 0.3) is 0 Å². The third-order valence-electron chi connectivity index (χ3n) is 1.63. The monoisotopic (exact) mass is 285 g/mol. The van der Waals surface area contributed by atoms with E-state index in [4.69, 9.17) is 5.11 Å². The fraction of sp³-hybridized carbons (Fsp3) is 0.889. The van der Waals surface area contributed by atoms with Crippen LogP contribution in [0.3, 0.4) is 0 Å². The van der Waals surface area contributed by atoms with E-state index in [0.29, 0.717) is 12.2 Å². The largest absolute Gasteiger partial charge is 0.465 e. The van der Waals surface area contributed by atoms with Crippen LogP contribution in [0.15, 0.2) is 0 Å². The Morgan fingerprint density at radius 3 is 2.71 bits per heavy atom. The molecule has 6 nitrogen and oxygen atoms in total. The summed E-state index contributed by atoms with van der Waals surface area (Å²) in [6.45, 7) is 2.21. The summed E-state index contributed by atoms with van der Waals surface area (Å²) in [7, 11) is -3.58. The van der Waals surface area contributed by atoms with Crippen LogP contribution in [0.2, 0.25) is 0 Å². The highest BCUT2D eigenvalue weighted by Gasteiger charge is 2.16. The second-order valence-electron chi connectivity index (χ2n) is 3.15. The molecule has 8 heteroatoms. The number of carbonyl (C=O) groups excluding carboxylic acids is 1. The van der Waals surface area contributed by atoms with Gasteiger partial charge in [-0.15, -0.1) is 0 Å². The Labute approximate surface area is 106 Å². The van der Waals surface area contributed by atoms with E-state index in [1.165, 1.54) is 0 Å². The van der Waals surface area contributed by atoms with Crippen LogP contribution in [0.4, 0.5) is 0 Å². The number of esters is 1. The number of rotatable bonds is 10. The number of ether oxygens (including phenoxy) is 1. The van der Waals surface area contributed by atoms with E-state index < -0.39 is 21.7 Å². The summed E-state index contributed by atoms with van der Waals surface area (Å²) >= 11 is 1.54. The molecule has 17 heavy (non-hydrogen) atoms. The van der Waals surface area contributed by atoms with Gasteiger partial charge in [-0.1, -0.05) is 0 Å². The Morgan fingerprint density at radius 1 is 1.41 bits per heavy atom. The van der Waals surface area contributed by atoms with E-state index in [-0.39, 0.29) is 19.8 Å². The highest BCUT2D eigenvalue weighted by Crippen LogP contribution is 2.00. The quantitative estimate of drug-likeness (QED) is 0.418. The molecular weight excluding hydrogens is 266 g/mol. The van der Waals surface area contributed by atoms with Gasteiger partial charge in [-0.25, -0.2) is 13.1 Å². The maximum Gasteiger partial charge on any atom is 0.322 e. The first-order valence-corrected chi connectivity index (χ1v) is 8.14. The zero-order chi connectivity index (χ0) is 13.1. The van der Waals surface area contributed by atoms with Crippen molar-refractivity contribution in [2.45, 2.75) is 13.3 Å². The van der Waals surface area contributed by atoms with Gasteiger partial charge in [-0.3, -0.25) is 4.79 Å². The molecule has 0 aromatic carbocycles. The van der Waals surface area contributed by atoms with Crippen LogP contribution in [0.25, 0.3) is 0 Å². The van der Waals surface area contributed by atoms with Crippen molar-refractivity contribution < 1.29 is 23.1 Å². The van der Waals surface area contributed by atoms with E-state index in [2.05, 4.69) is 9.46 Å². The standard InChI is InChI=1S/C9H19NO5S2/c1-2-15-9(12)8-17(13,14)10-4-7-16-6-3-5-11/h10-11H,2-8H2,1H3. The molecule has 0 aromatic heterocycles. The molecule has 0 amide bonds. The van der Waals surface area contributed by atoms with Crippen molar-refractivity contribution in [3.63, 3.8) is 0 Å². The first-order chi connectivity index (χ1) is 8.02. The number of hydrogen-bond donors (Lipinski definition) is 2.